The number of hydrogen-bond acceptors (Lipinski definition) is 4. The van der Waals surface area contributed by atoms with E-state index in [1.165, 1.54) is 37.9 Å². The maximum Gasteiger partial charge on any atom is 0.255 e. The van der Waals surface area contributed by atoms with Gasteiger partial charge in [-0.15, -0.1) is 0 Å². The summed E-state index contributed by atoms with van der Waals surface area (Å²) in [6.45, 7) is 3.33. The molecule has 1 amide bonds. The lowest BCUT2D eigenvalue weighted by molar-refractivity contribution is 0.102. The van der Waals surface area contributed by atoms with Gasteiger partial charge < -0.3 is 14.8 Å². The van der Waals surface area contributed by atoms with Gasteiger partial charge in [-0.05, 0) is 55.8 Å². The number of carbonyl (C=O) groups is 1. The fraction of sp³-hybridized carbons (Fsp3) is 0.381. The number of amides is 1. The standard InChI is InChI=1S/C21H26N2O3/c1-25-19-12-17(13-20(14-19)26-2)21(24)22-18-8-6-16(7-9-18)15-23-10-4-3-5-11-23/h6-9,12-14H,3-5,10-11,15H2,1-2H3,(H,22,24). The summed E-state index contributed by atoms with van der Waals surface area (Å²) in [5.41, 5.74) is 2.55. The van der Waals surface area contributed by atoms with E-state index in [0.717, 1.165) is 12.2 Å². The molecule has 138 valence electrons. The number of rotatable bonds is 6. The first-order chi connectivity index (χ1) is 12.7. The van der Waals surface area contributed by atoms with Gasteiger partial charge in [-0.2, -0.15) is 0 Å². The number of ether oxygens (including phenoxy) is 2. The molecule has 1 fully saturated rings. The summed E-state index contributed by atoms with van der Waals surface area (Å²) in [5, 5.41) is 2.93. The SMILES string of the molecule is COc1cc(OC)cc(C(=O)Nc2ccc(CN3CCCCC3)cc2)c1. The van der Waals surface area contributed by atoms with Crippen LogP contribution in [0.15, 0.2) is 42.5 Å². The summed E-state index contributed by atoms with van der Waals surface area (Å²) in [7, 11) is 3.13. The highest BCUT2D eigenvalue weighted by atomic mass is 16.5. The zero-order chi connectivity index (χ0) is 18.4. The highest BCUT2D eigenvalue weighted by molar-refractivity contribution is 6.04. The van der Waals surface area contributed by atoms with E-state index in [0.29, 0.717) is 17.1 Å². The Bertz CT molecular complexity index is 715. The lowest BCUT2D eigenvalue weighted by Gasteiger charge is -2.26. The van der Waals surface area contributed by atoms with E-state index in [9.17, 15) is 4.79 Å². The predicted molar refractivity (Wildman–Crippen MR) is 103 cm³/mol. The summed E-state index contributed by atoms with van der Waals surface area (Å²) in [5.74, 6) is 0.990. The molecule has 1 aliphatic heterocycles. The average molecular weight is 354 g/mol. The number of methoxy groups -OCH3 is 2. The van der Waals surface area contributed by atoms with Crippen molar-refractivity contribution in [2.45, 2.75) is 25.8 Å². The maximum atomic E-state index is 12.5. The summed E-state index contributed by atoms with van der Waals surface area (Å²) < 4.78 is 10.4. The smallest absolute Gasteiger partial charge is 0.255 e. The Balaban J connectivity index is 1.64. The van der Waals surface area contributed by atoms with Crippen molar-refractivity contribution >= 4 is 11.6 Å². The Labute approximate surface area is 154 Å². The maximum absolute atomic E-state index is 12.5. The van der Waals surface area contributed by atoms with Crippen molar-refractivity contribution in [2.24, 2.45) is 0 Å². The van der Waals surface area contributed by atoms with Crippen LogP contribution in [0.5, 0.6) is 11.5 Å². The average Bonchev–Trinajstić information content (AvgIpc) is 2.69. The molecule has 2 aromatic rings. The van der Waals surface area contributed by atoms with Crippen LogP contribution in [-0.4, -0.2) is 38.1 Å². The van der Waals surface area contributed by atoms with Gasteiger partial charge in [0, 0.05) is 23.9 Å². The molecule has 1 saturated heterocycles. The molecule has 2 aromatic carbocycles. The molecule has 0 atom stereocenters. The van der Waals surface area contributed by atoms with E-state index in [1.54, 1.807) is 32.4 Å². The van der Waals surface area contributed by atoms with Crippen LogP contribution < -0.4 is 14.8 Å². The molecule has 1 aliphatic rings. The number of hydrogen-bond donors (Lipinski definition) is 1. The second-order valence-electron chi connectivity index (χ2n) is 6.59. The number of nitrogens with one attached hydrogen (secondary N) is 1. The zero-order valence-electron chi connectivity index (χ0n) is 15.5. The van der Waals surface area contributed by atoms with E-state index in [1.807, 2.05) is 12.1 Å². The van der Waals surface area contributed by atoms with Gasteiger partial charge in [0.2, 0.25) is 0 Å². The molecule has 26 heavy (non-hydrogen) atoms. The molecule has 0 aliphatic carbocycles. The largest absolute Gasteiger partial charge is 0.497 e. The fourth-order valence-electron chi connectivity index (χ4n) is 3.21. The van der Waals surface area contributed by atoms with Crippen LogP contribution in [0.2, 0.25) is 0 Å². The second kappa shape index (κ2) is 8.72. The number of nitrogens with zero attached hydrogens (tertiary/aromatic N) is 1. The second-order valence-corrected chi connectivity index (χ2v) is 6.59. The fourth-order valence-corrected chi connectivity index (χ4v) is 3.21. The quantitative estimate of drug-likeness (QED) is 0.854. The van der Waals surface area contributed by atoms with Crippen LogP contribution in [0.4, 0.5) is 5.69 Å². The third-order valence-electron chi connectivity index (χ3n) is 4.68. The Morgan fingerprint density at radius 3 is 2.15 bits per heavy atom. The normalized spacial score (nSPS) is 14.7. The number of carbonyl (C=O) groups excluding carboxylic acids is 1. The van der Waals surface area contributed by atoms with Crippen LogP contribution in [0.1, 0.15) is 35.2 Å². The van der Waals surface area contributed by atoms with Crippen molar-refractivity contribution in [3.8, 4) is 11.5 Å². The minimum Gasteiger partial charge on any atom is -0.497 e. The van der Waals surface area contributed by atoms with Crippen LogP contribution in [0, 0.1) is 0 Å². The third-order valence-corrected chi connectivity index (χ3v) is 4.68. The molecule has 0 bridgehead atoms. The molecular formula is C21H26N2O3. The Kier molecular flexibility index (Phi) is 6.12. The summed E-state index contributed by atoms with van der Waals surface area (Å²) in [6, 6.07) is 13.2. The van der Waals surface area contributed by atoms with Gasteiger partial charge >= 0.3 is 0 Å². The van der Waals surface area contributed by atoms with Crippen molar-refractivity contribution in [3.05, 3.63) is 53.6 Å². The monoisotopic (exact) mass is 354 g/mol. The van der Waals surface area contributed by atoms with E-state index in [4.69, 9.17) is 9.47 Å². The van der Waals surface area contributed by atoms with Crippen molar-refractivity contribution in [1.29, 1.82) is 0 Å². The molecule has 0 saturated carbocycles. The van der Waals surface area contributed by atoms with Crippen LogP contribution in [-0.2, 0) is 6.54 Å². The summed E-state index contributed by atoms with van der Waals surface area (Å²) >= 11 is 0. The lowest BCUT2D eigenvalue weighted by atomic mass is 10.1. The third kappa shape index (κ3) is 4.76. The van der Waals surface area contributed by atoms with Gasteiger partial charge in [-0.1, -0.05) is 18.6 Å². The van der Waals surface area contributed by atoms with Crippen molar-refractivity contribution in [1.82, 2.24) is 4.90 Å². The first kappa shape index (κ1) is 18.3. The van der Waals surface area contributed by atoms with Crippen LogP contribution >= 0.6 is 0 Å². The van der Waals surface area contributed by atoms with E-state index in [-0.39, 0.29) is 5.91 Å². The van der Waals surface area contributed by atoms with Gasteiger partial charge in [0.15, 0.2) is 0 Å². The molecule has 0 spiro atoms. The topological polar surface area (TPSA) is 50.8 Å². The molecule has 1 heterocycles. The number of piperidine rings is 1. The van der Waals surface area contributed by atoms with Crippen LogP contribution in [0.25, 0.3) is 0 Å². The van der Waals surface area contributed by atoms with E-state index in [2.05, 4.69) is 22.3 Å². The van der Waals surface area contributed by atoms with E-state index >= 15 is 0 Å². The van der Waals surface area contributed by atoms with Gasteiger partial charge in [-0.3, -0.25) is 9.69 Å². The number of likely N-dealkylation sites (tertiary alicyclic amines) is 1. The first-order valence-corrected chi connectivity index (χ1v) is 9.03. The predicted octanol–water partition coefficient (Wildman–Crippen LogP) is 3.94. The molecule has 0 aromatic heterocycles. The highest BCUT2D eigenvalue weighted by Crippen LogP contribution is 2.23. The Hall–Kier alpha value is -2.53. The van der Waals surface area contributed by atoms with Crippen LogP contribution in [0.3, 0.4) is 0 Å². The van der Waals surface area contributed by atoms with E-state index < -0.39 is 0 Å². The Morgan fingerprint density at radius 2 is 1.58 bits per heavy atom. The van der Waals surface area contributed by atoms with Gasteiger partial charge in [-0.25, -0.2) is 0 Å². The zero-order valence-corrected chi connectivity index (χ0v) is 15.5. The molecule has 5 heteroatoms. The number of benzene rings is 2. The van der Waals surface area contributed by atoms with Crippen molar-refractivity contribution < 1.29 is 14.3 Å². The molecular weight excluding hydrogens is 328 g/mol. The first-order valence-electron chi connectivity index (χ1n) is 9.03. The minimum atomic E-state index is -0.189. The van der Waals surface area contributed by atoms with Gasteiger partial charge in [0.05, 0.1) is 14.2 Å². The molecule has 0 radical (unpaired) electrons. The van der Waals surface area contributed by atoms with Gasteiger partial charge in [0.25, 0.3) is 5.91 Å². The molecule has 5 nitrogen and oxygen atoms in total. The van der Waals surface area contributed by atoms with Crippen molar-refractivity contribution in [3.63, 3.8) is 0 Å². The highest BCUT2D eigenvalue weighted by Gasteiger charge is 2.12. The van der Waals surface area contributed by atoms with Crippen molar-refractivity contribution in [2.75, 3.05) is 32.6 Å². The molecule has 1 N–H and O–H groups in total. The Morgan fingerprint density at radius 1 is 0.962 bits per heavy atom. The summed E-state index contributed by atoms with van der Waals surface area (Å²) in [6.07, 6.45) is 3.92. The number of anilines is 1. The molecule has 0 unspecified atom stereocenters. The summed E-state index contributed by atoms with van der Waals surface area (Å²) in [4.78, 5) is 15.0. The minimum absolute atomic E-state index is 0.189. The lowest BCUT2D eigenvalue weighted by Crippen LogP contribution is -2.29. The molecule has 3 rings (SSSR count). The van der Waals surface area contributed by atoms with Gasteiger partial charge in [0.1, 0.15) is 11.5 Å².